The molecule has 0 saturated heterocycles. The number of rotatable bonds is 1. The first-order valence-electron chi connectivity index (χ1n) is 1.91. The van der Waals surface area contributed by atoms with E-state index < -0.39 is 0 Å². The van der Waals surface area contributed by atoms with E-state index in [-0.39, 0.29) is 0 Å². The summed E-state index contributed by atoms with van der Waals surface area (Å²) >= 11 is 0. The maximum absolute atomic E-state index is 1.52. The molecule has 0 aromatic rings. The van der Waals surface area contributed by atoms with Gasteiger partial charge in [0.1, 0.15) is 0 Å². The molecule has 0 aliphatic carbocycles. The van der Waals surface area contributed by atoms with Gasteiger partial charge in [-0.1, -0.05) is 0 Å². The summed E-state index contributed by atoms with van der Waals surface area (Å²) in [5, 5.41) is 0. The van der Waals surface area contributed by atoms with Crippen LogP contribution in [-0.4, -0.2) is 12.3 Å². The second kappa shape index (κ2) is 3.86. The van der Waals surface area contributed by atoms with Crippen LogP contribution in [0.5, 0.6) is 0 Å². The third kappa shape index (κ3) is 2.86. The minimum atomic E-state index is 1.42. The summed E-state index contributed by atoms with van der Waals surface area (Å²) in [6.07, 6.45) is 3.04. The number of hydrogen-bond acceptors (Lipinski definition) is 0. The van der Waals surface area contributed by atoms with Gasteiger partial charge in [-0.25, -0.2) is 0 Å². The van der Waals surface area contributed by atoms with Crippen LogP contribution < -0.4 is 0 Å². The van der Waals surface area contributed by atoms with E-state index in [1.807, 2.05) is 0 Å². The third-order valence-electron chi connectivity index (χ3n) is 0.500. The predicted molar refractivity (Wildman–Crippen MR) is 34.7 cm³/mol. The summed E-state index contributed by atoms with van der Waals surface area (Å²) < 4.78 is 0. The molecule has 0 N–H and O–H groups in total. The molecule has 0 bridgehead atoms. The van der Waals surface area contributed by atoms with Gasteiger partial charge in [0.25, 0.3) is 0 Å². The van der Waals surface area contributed by atoms with E-state index in [1.54, 1.807) is 0 Å². The zero-order chi connectivity index (χ0) is 3.41. The van der Waals surface area contributed by atoms with Crippen molar-refractivity contribution < 1.29 is 0 Å². The van der Waals surface area contributed by atoms with E-state index in [2.05, 4.69) is 0 Å². The van der Waals surface area contributed by atoms with Gasteiger partial charge in [-0.2, -0.15) is 0 Å². The van der Waals surface area contributed by atoms with Crippen LogP contribution >= 0.6 is 18.5 Å². The topological polar surface area (TPSA) is 0 Å². The number of hydrogen-bond donors (Lipinski definition) is 0. The van der Waals surface area contributed by atoms with Crippen molar-refractivity contribution in [2.45, 2.75) is 0 Å². The Balaban J connectivity index is 1.97. The molecule has 30 valence electrons. The molecule has 0 fully saturated rings. The van der Waals surface area contributed by atoms with Crippen LogP contribution in [-0.2, 0) is 0 Å². The zero-order valence-electron chi connectivity index (χ0n) is 3.41. The average molecular weight is 98.1 g/mol. The fraction of sp³-hybridized carbons (Fsp3) is 1.00. The fourth-order valence-corrected chi connectivity index (χ4v) is 0. The molecule has 0 amide bonds. The van der Waals surface area contributed by atoms with Gasteiger partial charge in [-0.3, -0.25) is 0 Å². The quantitative estimate of drug-likeness (QED) is 0.394. The van der Waals surface area contributed by atoms with Gasteiger partial charge in [-0.15, -0.1) is 0 Å². The molecule has 0 saturated carbocycles. The Hall–Kier alpha value is 0.860. The molecule has 4 heavy (non-hydrogen) atoms. The van der Waals surface area contributed by atoms with Crippen molar-refractivity contribution in [2.75, 3.05) is 12.3 Å². The Bertz CT molecular complexity index is 6.00. The van der Waals surface area contributed by atoms with Gasteiger partial charge in [0.05, 0.1) is 0 Å². The van der Waals surface area contributed by atoms with Crippen molar-refractivity contribution in [3.63, 3.8) is 0 Å². The fourth-order valence-electron chi connectivity index (χ4n) is 0. The van der Waals surface area contributed by atoms with E-state index in [1.165, 1.54) is 30.8 Å². The van der Waals surface area contributed by atoms with Crippen molar-refractivity contribution in [2.24, 2.45) is 0 Å². The van der Waals surface area contributed by atoms with Crippen molar-refractivity contribution in [1.29, 1.82) is 0 Å². The third-order valence-corrected chi connectivity index (χ3v) is 4.50. The van der Waals surface area contributed by atoms with Crippen molar-refractivity contribution in [1.82, 2.24) is 0 Å². The summed E-state index contributed by atoms with van der Waals surface area (Å²) in [6, 6.07) is 0. The van der Waals surface area contributed by atoms with Gasteiger partial charge in [0, 0.05) is 0 Å². The standard InChI is InChI=1S/C2H12P2/c3-1-2-4/h1-2H2,3-4H4. The predicted octanol–water partition coefficient (Wildman–Crippen LogP) is -0.334. The van der Waals surface area contributed by atoms with Crippen molar-refractivity contribution in [3.8, 4) is 0 Å². The van der Waals surface area contributed by atoms with Crippen LogP contribution in [0.3, 0.4) is 0 Å². The van der Waals surface area contributed by atoms with E-state index in [9.17, 15) is 0 Å². The normalized spacial score (nSPS) is 8.00. The molecular weight excluding hydrogens is 86.0 g/mol. The SMILES string of the molecule is [PH4]CC[PH4]. The van der Waals surface area contributed by atoms with E-state index in [0.29, 0.717) is 0 Å². The van der Waals surface area contributed by atoms with Gasteiger partial charge in [0.2, 0.25) is 0 Å². The molecule has 0 aromatic carbocycles. The Morgan fingerprint density at radius 3 is 1.25 bits per heavy atom. The van der Waals surface area contributed by atoms with Crippen molar-refractivity contribution in [3.05, 3.63) is 0 Å². The van der Waals surface area contributed by atoms with Crippen LogP contribution in [0.15, 0.2) is 0 Å². The maximum atomic E-state index is 1.52. The average Bonchev–Trinajstić information content (AvgIpc) is 1.37. The minimum absolute atomic E-state index is 1.42. The van der Waals surface area contributed by atoms with E-state index in [0.717, 1.165) is 0 Å². The molecule has 0 aliphatic heterocycles. The van der Waals surface area contributed by atoms with E-state index >= 15 is 0 Å². The first-order chi connectivity index (χ1) is 1.91. The van der Waals surface area contributed by atoms with Crippen LogP contribution in [0.25, 0.3) is 0 Å². The summed E-state index contributed by atoms with van der Waals surface area (Å²) in [7, 11) is 2.85. The zero-order valence-corrected chi connectivity index (χ0v) is 7.41. The van der Waals surface area contributed by atoms with Crippen LogP contribution in [0.1, 0.15) is 0 Å². The summed E-state index contributed by atoms with van der Waals surface area (Å²) in [4.78, 5) is 0. The summed E-state index contributed by atoms with van der Waals surface area (Å²) in [5.74, 6) is 0. The van der Waals surface area contributed by atoms with Gasteiger partial charge in [-0.05, 0) is 0 Å². The summed E-state index contributed by atoms with van der Waals surface area (Å²) in [5.41, 5.74) is 0. The molecule has 0 nitrogen and oxygen atoms in total. The molecule has 0 aromatic heterocycles. The first kappa shape index (κ1) is 4.86. The van der Waals surface area contributed by atoms with Gasteiger partial charge in [0.15, 0.2) is 0 Å². The molecular formula is C2H12P2. The second-order valence-corrected chi connectivity index (χ2v) is 3.00. The van der Waals surface area contributed by atoms with Crippen LogP contribution in [0.4, 0.5) is 0 Å². The molecule has 0 heterocycles. The van der Waals surface area contributed by atoms with E-state index in [4.69, 9.17) is 0 Å². The van der Waals surface area contributed by atoms with Crippen LogP contribution in [0, 0.1) is 0 Å². The summed E-state index contributed by atoms with van der Waals surface area (Å²) in [6.45, 7) is 0. The first-order valence-corrected chi connectivity index (χ1v) is 4.74. The molecule has 0 unspecified atom stereocenters. The van der Waals surface area contributed by atoms with Crippen molar-refractivity contribution >= 4 is 18.5 Å². The Labute approximate surface area is 31.8 Å². The molecule has 0 spiro atoms. The molecule has 0 aliphatic rings. The second-order valence-electron chi connectivity index (χ2n) is 1.000. The van der Waals surface area contributed by atoms with Crippen LogP contribution in [0.2, 0.25) is 0 Å². The monoisotopic (exact) mass is 98.0 g/mol. The Morgan fingerprint density at radius 2 is 1.25 bits per heavy atom. The van der Waals surface area contributed by atoms with Gasteiger partial charge < -0.3 is 0 Å². The molecule has 0 atom stereocenters. The Kier molecular flexibility index (Phi) is 4.69. The molecule has 0 radical (unpaired) electrons. The Morgan fingerprint density at radius 1 is 1.00 bits per heavy atom. The molecule has 2 heteroatoms. The molecule has 0 rings (SSSR count). The van der Waals surface area contributed by atoms with Gasteiger partial charge >= 0.3 is 30.8 Å².